The Morgan fingerprint density at radius 2 is 2.00 bits per heavy atom. The Balaban J connectivity index is 1.60. The van der Waals surface area contributed by atoms with Crippen LogP contribution in [0.3, 0.4) is 0 Å². The fraction of sp³-hybridized carbons (Fsp3) is 0.700. The van der Waals surface area contributed by atoms with E-state index < -0.39 is 17.8 Å². The predicted molar refractivity (Wildman–Crippen MR) is 102 cm³/mol. The molecular formula is C20H29F3N4O. The summed E-state index contributed by atoms with van der Waals surface area (Å²) in [5.74, 6) is 1.12. The van der Waals surface area contributed by atoms with Gasteiger partial charge in [0.05, 0.1) is 11.6 Å². The first-order valence-electron chi connectivity index (χ1n) is 9.78. The summed E-state index contributed by atoms with van der Waals surface area (Å²) in [4.78, 5) is 18.5. The van der Waals surface area contributed by atoms with Crippen LogP contribution in [-0.2, 0) is 11.0 Å². The van der Waals surface area contributed by atoms with Crippen LogP contribution in [-0.4, -0.2) is 36.1 Å². The van der Waals surface area contributed by atoms with Gasteiger partial charge in [-0.05, 0) is 42.7 Å². The van der Waals surface area contributed by atoms with Crippen LogP contribution in [0.2, 0.25) is 0 Å². The third-order valence-electron chi connectivity index (χ3n) is 5.75. The van der Waals surface area contributed by atoms with E-state index in [4.69, 9.17) is 5.73 Å². The summed E-state index contributed by atoms with van der Waals surface area (Å²) in [5.41, 5.74) is 5.30. The molecule has 0 aromatic carbocycles. The number of hydrogen-bond donors (Lipinski definition) is 2. The van der Waals surface area contributed by atoms with Crippen LogP contribution in [0.15, 0.2) is 18.3 Å². The molecule has 1 aliphatic heterocycles. The molecule has 1 saturated heterocycles. The molecule has 8 heteroatoms. The summed E-state index contributed by atoms with van der Waals surface area (Å²) in [6.07, 6.45) is -0.984. The number of carbonyl (C=O) groups is 1. The number of nitrogens with two attached hydrogens (primary N) is 1. The predicted octanol–water partition coefficient (Wildman–Crippen LogP) is 3.19. The molecule has 0 unspecified atom stereocenters. The molecule has 1 aliphatic carbocycles. The van der Waals surface area contributed by atoms with E-state index in [9.17, 15) is 18.0 Å². The maximum Gasteiger partial charge on any atom is 0.417 e. The fourth-order valence-electron chi connectivity index (χ4n) is 4.41. The number of nitrogens with one attached hydrogen (secondary N) is 1. The fourth-order valence-corrected chi connectivity index (χ4v) is 4.41. The number of pyridine rings is 1. The maximum atomic E-state index is 12.7. The highest BCUT2D eigenvalue weighted by atomic mass is 19.4. The molecule has 28 heavy (non-hydrogen) atoms. The first kappa shape index (κ1) is 20.9. The summed E-state index contributed by atoms with van der Waals surface area (Å²) in [6, 6.07) is 2.02. The topological polar surface area (TPSA) is 71.2 Å². The van der Waals surface area contributed by atoms with Crippen molar-refractivity contribution < 1.29 is 18.0 Å². The molecule has 5 nitrogen and oxygen atoms in total. The van der Waals surface area contributed by atoms with Gasteiger partial charge >= 0.3 is 6.18 Å². The number of fused-ring (bicyclic) bond motifs is 1. The van der Waals surface area contributed by atoms with Gasteiger partial charge in [0.1, 0.15) is 5.82 Å². The van der Waals surface area contributed by atoms with Crippen molar-refractivity contribution in [2.24, 2.45) is 23.0 Å². The third-order valence-corrected chi connectivity index (χ3v) is 5.75. The number of alkyl halides is 3. The lowest BCUT2D eigenvalue weighted by Gasteiger charge is -2.26. The quantitative estimate of drug-likeness (QED) is 0.817. The van der Waals surface area contributed by atoms with Crippen LogP contribution < -0.4 is 16.0 Å². The number of rotatable bonds is 4. The number of amides is 1. The van der Waals surface area contributed by atoms with Crippen molar-refractivity contribution in [2.45, 2.75) is 58.3 Å². The number of carbonyl (C=O) groups excluding carboxylic acids is 1. The monoisotopic (exact) mass is 398 g/mol. The molecule has 2 heterocycles. The van der Waals surface area contributed by atoms with Gasteiger partial charge in [0, 0.05) is 31.2 Å². The lowest BCUT2D eigenvalue weighted by atomic mass is 9.88. The molecule has 0 spiro atoms. The summed E-state index contributed by atoms with van der Waals surface area (Å²) < 4.78 is 38.2. The minimum absolute atomic E-state index is 0.0205. The van der Waals surface area contributed by atoms with Crippen LogP contribution in [0.5, 0.6) is 0 Å². The van der Waals surface area contributed by atoms with Crippen LogP contribution in [0.25, 0.3) is 0 Å². The van der Waals surface area contributed by atoms with Crippen LogP contribution in [0.4, 0.5) is 19.0 Å². The smallest absolute Gasteiger partial charge is 0.356 e. The second-order valence-electron chi connectivity index (χ2n) is 9.30. The maximum absolute atomic E-state index is 12.7. The lowest BCUT2D eigenvalue weighted by molar-refractivity contribution is -0.137. The summed E-state index contributed by atoms with van der Waals surface area (Å²) in [7, 11) is 0. The standard InChI is InChI=1S/C20H29F3N4O/c1-19(2,3)8-15(24)18(28)26-16-6-4-12-10-27(11-14(12)16)17-7-5-13(9-25-17)20(21,22)23/h5,7,9,12,14-16H,4,6,8,10-11,24H2,1-3H3,(H,26,28)/t12-,14+,15+,16+/m1/s1. The van der Waals surface area contributed by atoms with Crippen molar-refractivity contribution in [1.82, 2.24) is 10.3 Å². The normalized spacial score (nSPS) is 26.2. The Kier molecular flexibility index (Phi) is 5.62. The largest absolute Gasteiger partial charge is 0.417 e. The van der Waals surface area contributed by atoms with Crippen molar-refractivity contribution in [3.8, 4) is 0 Å². The Bertz CT molecular complexity index is 699. The van der Waals surface area contributed by atoms with E-state index in [2.05, 4.69) is 31.1 Å². The van der Waals surface area contributed by atoms with Crippen molar-refractivity contribution in [3.05, 3.63) is 23.9 Å². The van der Waals surface area contributed by atoms with Crippen molar-refractivity contribution in [2.75, 3.05) is 18.0 Å². The first-order chi connectivity index (χ1) is 12.9. The highest BCUT2D eigenvalue weighted by molar-refractivity contribution is 5.81. The molecule has 3 N–H and O–H groups in total. The Labute approximate surface area is 163 Å². The molecule has 1 aromatic rings. The zero-order valence-corrected chi connectivity index (χ0v) is 16.6. The molecule has 1 saturated carbocycles. The third kappa shape index (κ3) is 4.77. The second-order valence-corrected chi connectivity index (χ2v) is 9.30. The zero-order valence-electron chi connectivity index (χ0n) is 16.6. The average molecular weight is 398 g/mol. The van der Waals surface area contributed by atoms with E-state index in [1.165, 1.54) is 6.07 Å². The Morgan fingerprint density at radius 1 is 1.29 bits per heavy atom. The Morgan fingerprint density at radius 3 is 2.57 bits per heavy atom. The molecule has 3 rings (SSSR count). The van der Waals surface area contributed by atoms with E-state index in [1.54, 1.807) is 0 Å². The summed E-state index contributed by atoms with van der Waals surface area (Å²) in [5, 5.41) is 3.11. The van der Waals surface area contributed by atoms with Gasteiger partial charge < -0.3 is 16.0 Å². The van der Waals surface area contributed by atoms with Crippen LogP contribution in [0, 0.1) is 17.3 Å². The van der Waals surface area contributed by atoms with Crippen LogP contribution in [0.1, 0.15) is 45.6 Å². The SMILES string of the molecule is CC(C)(C)C[C@H](N)C(=O)N[C@H]1CC[C@@H]2CN(c3ccc(C(F)(F)F)cn3)C[C@@H]21. The van der Waals surface area contributed by atoms with E-state index in [0.717, 1.165) is 31.6 Å². The van der Waals surface area contributed by atoms with Crippen LogP contribution >= 0.6 is 0 Å². The summed E-state index contributed by atoms with van der Waals surface area (Å²) in [6.45, 7) is 7.60. The first-order valence-corrected chi connectivity index (χ1v) is 9.78. The molecule has 2 aliphatic rings. The van der Waals surface area contributed by atoms with E-state index in [-0.39, 0.29) is 23.3 Å². The van der Waals surface area contributed by atoms with Gasteiger partial charge in [0.25, 0.3) is 0 Å². The molecule has 1 amide bonds. The zero-order chi connectivity index (χ0) is 20.7. The molecule has 0 radical (unpaired) electrons. The van der Waals surface area contributed by atoms with Gasteiger partial charge in [-0.15, -0.1) is 0 Å². The number of hydrogen-bond acceptors (Lipinski definition) is 4. The lowest BCUT2D eigenvalue weighted by Crippen LogP contribution is -2.48. The minimum atomic E-state index is -4.38. The van der Waals surface area contributed by atoms with E-state index in [1.807, 2.05) is 4.90 Å². The molecule has 0 bridgehead atoms. The number of halogens is 3. The molecular weight excluding hydrogens is 369 g/mol. The average Bonchev–Trinajstić information content (AvgIpc) is 3.14. The van der Waals surface area contributed by atoms with E-state index in [0.29, 0.717) is 24.7 Å². The molecule has 1 aromatic heterocycles. The van der Waals surface area contributed by atoms with Gasteiger partial charge in [0.2, 0.25) is 5.91 Å². The molecule has 4 atom stereocenters. The molecule has 2 fully saturated rings. The van der Waals surface area contributed by atoms with Gasteiger partial charge in [-0.25, -0.2) is 4.98 Å². The number of aromatic nitrogens is 1. The van der Waals surface area contributed by atoms with E-state index >= 15 is 0 Å². The number of anilines is 1. The van der Waals surface area contributed by atoms with Crippen molar-refractivity contribution in [3.63, 3.8) is 0 Å². The number of nitrogens with zero attached hydrogens (tertiary/aromatic N) is 2. The van der Waals surface area contributed by atoms with Crippen molar-refractivity contribution >= 4 is 11.7 Å². The second kappa shape index (κ2) is 7.54. The van der Waals surface area contributed by atoms with Gasteiger partial charge in [-0.3, -0.25) is 4.79 Å². The van der Waals surface area contributed by atoms with Gasteiger partial charge in [0.15, 0.2) is 0 Å². The van der Waals surface area contributed by atoms with Crippen molar-refractivity contribution in [1.29, 1.82) is 0 Å². The minimum Gasteiger partial charge on any atom is -0.356 e. The van der Waals surface area contributed by atoms with Gasteiger partial charge in [-0.2, -0.15) is 13.2 Å². The summed E-state index contributed by atoms with van der Waals surface area (Å²) >= 11 is 0. The highest BCUT2D eigenvalue weighted by Gasteiger charge is 2.44. The molecule has 156 valence electrons. The highest BCUT2D eigenvalue weighted by Crippen LogP contribution is 2.40. The Hall–Kier alpha value is -1.83. The van der Waals surface area contributed by atoms with Gasteiger partial charge in [-0.1, -0.05) is 20.8 Å².